The van der Waals surface area contributed by atoms with Crippen molar-refractivity contribution in [1.29, 1.82) is 0 Å². The minimum absolute atomic E-state index is 0.642. The van der Waals surface area contributed by atoms with Crippen LogP contribution in [0.5, 0.6) is 0 Å². The van der Waals surface area contributed by atoms with Gasteiger partial charge in [0.2, 0.25) is 0 Å². The monoisotopic (exact) mass is 352 g/mol. The SMILES string of the molecule is Cc1cc(N2CCC(O)(c3ccccc3Cl)CC2)c2ccccc2n1. The van der Waals surface area contributed by atoms with Crippen LogP contribution in [0, 0.1) is 6.92 Å². The summed E-state index contributed by atoms with van der Waals surface area (Å²) in [6.07, 6.45) is 1.32. The Labute approximate surface area is 152 Å². The van der Waals surface area contributed by atoms with Gasteiger partial charge in [-0.15, -0.1) is 0 Å². The van der Waals surface area contributed by atoms with Crippen molar-refractivity contribution < 1.29 is 5.11 Å². The van der Waals surface area contributed by atoms with Crippen molar-refractivity contribution in [3.8, 4) is 0 Å². The van der Waals surface area contributed by atoms with Crippen LogP contribution in [0.3, 0.4) is 0 Å². The highest BCUT2D eigenvalue weighted by Gasteiger charge is 2.35. The highest BCUT2D eigenvalue weighted by molar-refractivity contribution is 6.31. The molecule has 0 bridgehead atoms. The molecule has 4 heteroatoms. The van der Waals surface area contributed by atoms with Crippen LogP contribution in [-0.2, 0) is 5.60 Å². The second-order valence-corrected chi connectivity index (χ2v) is 7.21. The van der Waals surface area contributed by atoms with Gasteiger partial charge in [-0.3, -0.25) is 4.98 Å². The standard InChI is InChI=1S/C21H21ClN2O/c1-15-14-20(16-6-2-5-9-19(16)23-15)24-12-10-21(25,11-13-24)17-7-3-4-8-18(17)22/h2-9,14,25H,10-13H2,1H3. The first-order chi connectivity index (χ1) is 12.1. The first-order valence-electron chi connectivity index (χ1n) is 8.66. The van der Waals surface area contributed by atoms with Crippen LogP contribution in [0.1, 0.15) is 24.1 Å². The third-order valence-electron chi connectivity index (χ3n) is 5.13. The predicted octanol–water partition coefficient (Wildman–Crippen LogP) is 4.68. The van der Waals surface area contributed by atoms with Crippen LogP contribution >= 0.6 is 11.6 Å². The van der Waals surface area contributed by atoms with Gasteiger partial charge < -0.3 is 10.0 Å². The van der Waals surface area contributed by atoms with Crippen molar-refractivity contribution in [1.82, 2.24) is 4.98 Å². The molecule has 3 nitrogen and oxygen atoms in total. The van der Waals surface area contributed by atoms with Crippen molar-refractivity contribution >= 4 is 28.2 Å². The number of aliphatic hydroxyl groups is 1. The fourth-order valence-corrected chi connectivity index (χ4v) is 4.08. The van der Waals surface area contributed by atoms with Gasteiger partial charge in [-0.05, 0) is 38.0 Å². The van der Waals surface area contributed by atoms with Gasteiger partial charge >= 0.3 is 0 Å². The molecule has 1 aliphatic heterocycles. The fourth-order valence-electron chi connectivity index (χ4n) is 3.77. The second-order valence-electron chi connectivity index (χ2n) is 6.80. The van der Waals surface area contributed by atoms with Gasteiger partial charge in [0.1, 0.15) is 0 Å². The van der Waals surface area contributed by atoms with Gasteiger partial charge in [-0.1, -0.05) is 48.0 Å². The maximum Gasteiger partial charge on any atom is 0.0944 e. The van der Waals surface area contributed by atoms with Crippen LogP contribution in [0.15, 0.2) is 54.6 Å². The molecule has 2 heterocycles. The average molecular weight is 353 g/mol. The Morgan fingerprint density at radius 3 is 2.48 bits per heavy atom. The molecule has 4 rings (SSSR count). The number of piperidine rings is 1. The van der Waals surface area contributed by atoms with E-state index in [1.165, 1.54) is 5.69 Å². The lowest BCUT2D eigenvalue weighted by molar-refractivity contribution is 0.0119. The first-order valence-corrected chi connectivity index (χ1v) is 9.03. The van der Waals surface area contributed by atoms with Crippen molar-refractivity contribution in [2.75, 3.05) is 18.0 Å². The number of nitrogens with zero attached hydrogens (tertiary/aromatic N) is 2. The van der Waals surface area contributed by atoms with Gasteiger partial charge in [0.05, 0.1) is 11.1 Å². The lowest BCUT2D eigenvalue weighted by Crippen LogP contribution is -2.43. The van der Waals surface area contributed by atoms with E-state index in [1.54, 1.807) is 0 Å². The van der Waals surface area contributed by atoms with E-state index in [1.807, 2.05) is 43.3 Å². The van der Waals surface area contributed by atoms with Crippen LogP contribution in [-0.4, -0.2) is 23.2 Å². The summed E-state index contributed by atoms with van der Waals surface area (Å²) in [4.78, 5) is 6.97. The van der Waals surface area contributed by atoms with E-state index >= 15 is 0 Å². The number of aryl methyl sites for hydroxylation is 1. The molecule has 128 valence electrons. The molecule has 3 aromatic rings. The van der Waals surface area contributed by atoms with Crippen LogP contribution < -0.4 is 4.90 Å². The summed E-state index contributed by atoms with van der Waals surface area (Å²) in [7, 11) is 0. The normalized spacial score (nSPS) is 17.0. The Balaban J connectivity index is 1.64. The minimum Gasteiger partial charge on any atom is -0.385 e. The maximum atomic E-state index is 11.1. The Morgan fingerprint density at radius 1 is 1.04 bits per heavy atom. The van der Waals surface area contributed by atoms with E-state index in [2.05, 4.69) is 28.1 Å². The smallest absolute Gasteiger partial charge is 0.0944 e. The molecule has 0 unspecified atom stereocenters. The third-order valence-corrected chi connectivity index (χ3v) is 5.46. The molecule has 1 N–H and O–H groups in total. The molecule has 1 fully saturated rings. The molecule has 0 radical (unpaired) electrons. The van der Waals surface area contributed by atoms with Crippen molar-refractivity contribution in [2.45, 2.75) is 25.4 Å². The Morgan fingerprint density at radius 2 is 1.72 bits per heavy atom. The number of aromatic nitrogens is 1. The molecule has 0 aliphatic carbocycles. The molecular weight excluding hydrogens is 332 g/mol. The maximum absolute atomic E-state index is 11.1. The summed E-state index contributed by atoms with van der Waals surface area (Å²) in [5, 5.41) is 12.9. The Hall–Kier alpha value is -2.10. The van der Waals surface area contributed by atoms with Crippen molar-refractivity contribution in [2.24, 2.45) is 0 Å². The van der Waals surface area contributed by atoms with Gasteiger partial charge in [0, 0.05) is 40.4 Å². The van der Waals surface area contributed by atoms with Gasteiger partial charge in [0.15, 0.2) is 0 Å². The topological polar surface area (TPSA) is 36.4 Å². The molecule has 0 amide bonds. The zero-order valence-electron chi connectivity index (χ0n) is 14.2. The van der Waals surface area contributed by atoms with E-state index in [-0.39, 0.29) is 0 Å². The molecule has 0 spiro atoms. The summed E-state index contributed by atoms with van der Waals surface area (Å²) in [6.45, 7) is 3.60. The van der Waals surface area contributed by atoms with Gasteiger partial charge in [-0.25, -0.2) is 0 Å². The number of pyridine rings is 1. The molecular formula is C21H21ClN2O. The molecule has 0 atom stereocenters. The second kappa shape index (κ2) is 6.32. The van der Waals surface area contributed by atoms with E-state index in [0.717, 1.165) is 35.2 Å². The molecule has 1 aliphatic rings. The molecule has 1 saturated heterocycles. The Bertz CT molecular complexity index is 917. The van der Waals surface area contributed by atoms with E-state index in [9.17, 15) is 5.11 Å². The van der Waals surface area contributed by atoms with E-state index in [4.69, 9.17) is 11.6 Å². The Kier molecular flexibility index (Phi) is 4.14. The number of hydrogen-bond acceptors (Lipinski definition) is 3. The zero-order valence-corrected chi connectivity index (χ0v) is 15.0. The number of anilines is 1. The van der Waals surface area contributed by atoms with Gasteiger partial charge in [0.25, 0.3) is 0 Å². The van der Waals surface area contributed by atoms with E-state index < -0.39 is 5.60 Å². The largest absolute Gasteiger partial charge is 0.385 e. The highest BCUT2D eigenvalue weighted by atomic mass is 35.5. The fraction of sp³-hybridized carbons (Fsp3) is 0.286. The van der Waals surface area contributed by atoms with Crippen LogP contribution in [0.2, 0.25) is 5.02 Å². The number of halogens is 1. The summed E-state index contributed by atoms with van der Waals surface area (Å²) in [5.74, 6) is 0. The predicted molar refractivity (Wildman–Crippen MR) is 103 cm³/mol. The third kappa shape index (κ3) is 2.99. The molecule has 2 aromatic carbocycles. The van der Waals surface area contributed by atoms with Crippen LogP contribution in [0.4, 0.5) is 5.69 Å². The number of fused-ring (bicyclic) bond motifs is 1. The quantitative estimate of drug-likeness (QED) is 0.727. The van der Waals surface area contributed by atoms with Crippen molar-refractivity contribution in [3.05, 3.63) is 70.9 Å². The lowest BCUT2D eigenvalue weighted by Gasteiger charge is -2.40. The summed E-state index contributed by atoms with van der Waals surface area (Å²) in [6, 6.07) is 18.0. The molecule has 1 aromatic heterocycles. The molecule has 25 heavy (non-hydrogen) atoms. The first kappa shape index (κ1) is 16.4. The van der Waals surface area contributed by atoms with Crippen molar-refractivity contribution in [3.63, 3.8) is 0 Å². The highest BCUT2D eigenvalue weighted by Crippen LogP contribution is 2.39. The number of rotatable bonds is 2. The van der Waals surface area contributed by atoms with Gasteiger partial charge in [-0.2, -0.15) is 0 Å². The zero-order chi connectivity index (χ0) is 17.4. The van der Waals surface area contributed by atoms with Crippen LogP contribution in [0.25, 0.3) is 10.9 Å². The summed E-state index contributed by atoms with van der Waals surface area (Å²) < 4.78 is 0. The van der Waals surface area contributed by atoms with E-state index in [0.29, 0.717) is 17.9 Å². The summed E-state index contributed by atoms with van der Waals surface area (Å²) >= 11 is 6.32. The number of benzene rings is 2. The minimum atomic E-state index is -0.854. The number of hydrogen-bond donors (Lipinski definition) is 1. The lowest BCUT2D eigenvalue weighted by atomic mass is 9.84. The molecule has 0 saturated carbocycles. The number of para-hydroxylation sites is 1. The summed E-state index contributed by atoms with van der Waals surface area (Å²) in [5.41, 5.74) is 3.22. The average Bonchev–Trinajstić information content (AvgIpc) is 2.62.